The maximum absolute atomic E-state index is 13.2. The van der Waals surface area contributed by atoms with Crippen LogP contribution < -0.4 is 5.56 Å². The Labute approximate surface area is 162 Å². The number of hydrogen-bond donors (Lipinski definition) is 0. The predicted molar refractivity (Wildman–Crippen MR) is 109 cm³/mol. The molecule has 0 radical (unpaired) electrons. The lowest BCUT2D eigenvalue weighted by Crippen LogP contribution is -2.34. The Balaban J connectivity index is 1.77. The van der Waals surface area contributed by atoms with Crippen LogP contribution in [0.25, 0.3) is 21.3 Å². The molecular weight excluding hydrogens is 358 g/mol. The van der Waals surface area contributed by atoms with Crippen molar-refractivity contribution in [1.82, 2.24) is 14.5 Å². The average molecular weight is 382 g/mol. The number of amides is 1. The normalized spacial score (nSPS) is 14.2. The Morgan fingerprint density at radius 1 is 1.19 bits per heavy atom. The zero-order valence-corrected chi connectivity index (χ0v) is 16.5. The van der Waals surface area contributed by atoms with Gasteiger partial charge in [-0.2, -0.15) is 0 Å². The molecular formula is C21H23N3O2S. The molecule has 0 atom stereocenters. The van der Waals surface area contributed by atoms with Crippen molar-refractivity contribution in [2.45, 2.75) is 39.7 Å². The topological polar surface area (TPSA) is 55.2 Å². The molecule has 0 aliphatic carbocycles. The molecule has 0 saturated carbocycles. The smallest absolute Gasteiger partial charge is 0.263 e. The lowest BCUT2D eigenvalue weighted by Gasteiger charge is -2.15. The molecule has 3 aromatic rings. The Morgan fingerprint density at radius 3 is 2.56 bits per heavy atom. The predicted octanol–water partition coefficient (Wildman–Crippen LogP) is 3.62. The van der Waals surface area contributed by atoms with Gasteiger partial charge in [-0.05, 0) is 37.3 Å². The number of likely N-dealkylation sites (tertiary alicyclic amines) is 1. The van der Waals surface area contributed by atoms with Crippen LogP contribution in [0, 0.1) is 6.92 Å². The van der Waals surface area contributed by atoms with Crippen LogP contribution in [0.1, 0.15) is 30.2 Å². The minimum atomic E-state index is -0.133. The summed E-state index contributed by atoms with van der Waals surface area (Å²) < 4.78 is 1.46. The van der Waals surface area contributed by atoms with Gasteiger partial charge in [0.25, 0.3) is 5.56 Å². The molecule has 2 aromatic heterocycles. The number of aromatic nitrogens is 2. The first-order valence-corrected chi connectivity index (χ1v) is 10.3. The number of carbonyl (C=O) groups excluding carboxylic acids is 1. The largest absolute Gasteiger partial charge is 0.341 e. The molecule has 4 rings (SSSR count). The molecule has 1 aromatic carbocycles. The maximum atomic E-state index is 13.2. The summed E-state index contributed by atoms with van der Waals surface area (Å²) in [7, 11) is 0. The lowest BCUT2D eigenvalue weighted by molar-refractivity contribution is -0.130. The molecule has 0 unspecified atom stereocenters. The van der Waals surface area contributed by atoms with E-state index in [4.69, 9.17) is 0 Å². The third kappa shape index (κ3) is 3.30. The van der Waals surface area contributed by atoms with Gasteiger partial charge in [0.05, 0.1) is 11.7 Å². The molecule has 1 aliphatic heterocycles. The van der Waals surface area contributed by atoms with Gasteiger partial charge in [0, 0.05) is 23.5 Å². The Morgan fingerprint density at radius 2 is 1.89 bits per heavy atom. The highest BCUT2D eigenvalue weighted by Crippen LogP contribution is 2.35. The summed E-state index contributed by atoms with van der Waals surface area (Å²) >= 11 is 1.53. The third-order valence-electron chi connectivity index (χ3n) is 5.27. The molecule has 5 nitrogen and oxygen atoms in total. The van der Waals surface area contributed by atoms with E-state index in [0.717, 1.165) is 53.2 Å². The second-order valence-electron chi connectivity index (χ2n) is 7.03. The van der Waals surface area contributed by atoms with Gasteiger partial charge in [-0.1, -0.05) is 31.2 Å². The minimum Gasteiger partial charge on any atom is -0.341 e. The number of benzene rings is 1. The van der Waals surface area contributed by atoms with Gasteiger partial charge in [0.15, 0.2) is 0 Å². The summed E-state index contributed by atoms with van der Waals surface area (Å²) in [4.78, 5) is 33.8. The van der Waals surface area contributed by atoms with E-state index in [1.807, 2.05) is 11.8 Å². The van der Waals surface area contributed by atoms with Gasteiger partial charge in [0.1, 0.15) is 11.4 Å². The number of carbonyl (C=O) groups is 1. The fourth-order valence-corrected chi connectivity index (χ4v) is 4.72. The molecule has 1 aliphatic rings. The van der Waals surface area contributed by atoms with Gasteiger partial charge in [0.2, 0.25) is 5.91 Å². The van der Waals surface area contributed by atoms with Crippen LogP contribution in [0.4, 0.5) is 0 Å². The van der Waals surface area contributed by atoms with Crippen molar-refractivity contribution in [3.63, 3.8) is 0 Å². The van der Waals surface area contributed by atoms with E-state index in [9.17, 15) is 9.59 Å². The van der Waals surface area contributed by atoms with Gasteiger partial charge in [-0.25, -0.2) is 4.98 Å². The van der Waals surface area contributed by atoms with Crippen molar-refractivity contribution >= 4 is 27.5 Å². The maximum Gasteiger partial charge on any atom is 0.263 e. The Hall–Kier alpha value is -2.47. The highest BCUT2D eigenvalue weighted by atomic mass is 32.1. The molecule has 140 valence electrons. The first kappa shape index (κ1) is 17.9. The molecule has 0 bridgehead atoms. The van der Waals surface area contributed by atoms with E-state index in [1.54, 1.807) is 0 Å². The summed E-state index contributed by atoms with van der Waals surface area (Å²) in [6.45, 7) is 5.78. The van der Waals surface area contributed by atoms with Crippen molar-refractivity contribution in [3.05, 3.63) is 51.4 Å². The van der Waals surface area contributed by atoms with E-state index in [1.165, 1.54) is 27.8 Å². The molecule has 6 heteroatoms. The molecule has 3 heterocycles. The molecule has 0 N–H and O–H groups in total. The van der Waals surface area contributed by atoms with Crippen LogP contribution in [0.15, 0.2) is 35.4 Å². The SMILES string of the molecule is CCc1ccc(-c2c(C)sc3ncn(CC(=O)N4CCCC4)c(=O)c23)cc1. The number of aryl methyl sites for hydroxylation is 2. The summed E-state index contributed by atoms with van der Waals surface area (Å²) in [6.07, 6.45) is 4.58. The second kappa shape index (κ2) is 7.27. The van der Waals surface area contributed by atoms with Crippen LogP contribution in [0.2, 0.25) is 0 Å². The Kier molecular flexibility index (Phi) is 4.83. The lowest BCUT2D eigenvalue weighted by atomic mass is 10.0. The summed E-state index contributed by atoms with van der Waals surface area (Å²) in [6, 6.07) is 8.34. The van der Waals surface area contributed by atoms with Crippen LogP contribution in [-0.2, 0) is 17.8 Å². The van der Waals surface area contributed by atoms with Gasteiger partial charge >= 0.3 is 0 Å². The van der Waals surface area contributed by atoms with Crippen molar-refractivity contribution < 1.29 is 4.79 Å². The second-order valence-corrected chi connectivity index (χ2v) is 8.23. The van der Waals surface area contributed by atoms with E-state index in [2.05, 4.69) is 36.2 Å². The van der Waals surface area contributed by atoms with Crippen LogP contribution >= 0.6 is 11.3 Å². The fourth-order valence-electron chi connectivity index (χ4n) is 3.72. The standard InChI is InChI=1S/C21H23N3O2S/c1-3-15-6-8-16(9-7-15)18-14(2)27-20-19(18)21(26)24(13-22-20)12-17(25)23-10-4-5-11-23/h6-9,13H,3-5,10-12H2,1-2H3. The minimum absolute atomic E-state index is 0.00319. The number of nitrogens with zero attached hydrogens (tertiary/aromatic N) is 3. The van der Waals surface area contributed by atoms with Crippen LogP contribution in [0.5, 0.6) is 0 Å². The molecule has 1 saturated heterocycles. The quantitative estimate of drug-likeness (QED) is 0.694. The Bertz CT molecular complexity index is 1040. The monoisotopic (exact) mass is 381 g/mol. The number of thiophene rings is 1. The van der Waals surface area contributed by atoms with Crippen molar-refractivity contribution in [1.29, 1.82) is 0 Å². The average Bonchev–Trinajstić information content (AvgIpc) is 3.32. The summed E-state index contributed by atoms with van der Waals surface area (Å²) in [5.41, 5.74) is 3.10. The number of hydrogen-bond acceptors (Lipinski definition) is 4. The highest BCUT2D eigenvalue weighted by molar-refractivity contribution is 7.19. The molecule has 1 fully saturated rings. The third-order valence-corrected chi connectivity index (χ3v) is 6.28. The zero-order chi connectivity index (χ0) is 19.0. The van der Waals surface area contributed by atoms with E-state index < -0.39 is 0 Å². The molecule has 27 heavy (non-hydrogen) atoms. The molecule has 1 amide bonds. The zero-order valence-electron chi connectivity index (χ0n) is 15.7. The van der Waals surface area contributed by atoms with Gasteiger partial charge < -0.3 is 4.90 Å². The first-order valence-electron chi connectivity index (χ1n) is 9.44. The number of rotatable bonds is 4. The van der Waals surface area contributed by atoms with Crippen molar-refractivity contribution in [2.75, 3.05) is 13.1 Å². The van der Waals surface area contributed by atoms with Crippen LogP contribution in [-0.4, -0.2) is 33.4 Å². The first-order chi connectivity index (χ1) is 13.1. The molecule has 0 spiro atoms. The summed E-state index contributed by atoms with van der Waals surface area (Å²) in [5, 5.41) is 0.624. The van der Waals surface area contributed by atoms with E-state index >= 15 is 0 Å². The van der Waals surface area contributed by atoms with E-state index in [0.29, 0.717) is 5.39 Å². The number of fused-ring (bicyclic) bond motifs is 1. The highest BCUT2D eigenvalue weighted by Gasteiger charge is 2.21. The van der Waals surface area contributed by atoms with Gasteiger partial charge in [-0.3, -0.25) is 14.2 Å². The fraction of sp³-hybridized carbons (Fsp3) is 0.381. The van der Waals surface area contributed by atoms with Crippen LogP contribution in [0.3, 0.4) is 0 Å². The van der Waals surface area contributed by atoms with Crippen molar-refractivity contribution in [3.8, 4) is 11.1 Å². The van der Waals surface area contributed by atoms with E-state index in [-0.39, 0.29) is 18.0 Å². The summed E-state index contributed by atoms with van der Waals surface area (Å²) in [5.74, 6) is -0.00319. The van der Waals surface area contributed by atoms with Gasteiger partial charge in [-0.15, -0.1) is 11.3 Å². The van der Waals surface area contributed by atoms with Crippen molar-refractivity contribution in [2.24, 2.45) is 0 Å².